The second-order valence-corrected chi connectivity index (χ2v) is 5.31. The first-order chi connectivity index (χ1) is 9.10. The Kier molecular flexibility index (Phi) is 5.08. The fraction of sp³-hybridized carbons (Fsp3) is 0.143. The number of halogens is 4. The molecule has 2 aromatic rings. The van der Waals surface area contributed by atoms with Crippen LogP contribution in [0, 0.1) is 5.82 Å². The normalized spacial score (nSPS) is 10.5. The average molecular weight is 364 g/mol. The molecule has 19 heavy (non-hydrogen) atoms. The molecule has 0 N–H and O–H groups in total. The third-order valence-corrected chi connectivity index (χ3v) is 3.78. The Morgan fingerprint density at radius 1 is 1.00 bits per heavy atom. The van der Waals surface area contributed by atoms with Gasteiger partial charge in [0, 0.05) is 5.33 Å². The third-order valence-electron chi connectivity index (χ3n) is 2.53. The van der Waals surface area contributed by atoms with Crippen molar-refractivity contribution in [1.82, 2.24) is 0 Å². The average Bonchev–Trinajstić information content (AvgIpc) is 2.41. The number of ether oxygens (including phenoxy) is 1. The zero-order valence-corrected chi connectivity index (χ0v) is 12.9. The van der Waals surface area contributed by atoms with Crippen LogP contribution in [-0.4, -0.2) is 0 Å². The Morgan fingerprint density at radius 2 is 1.74 bits per heavy atom. The van der Waals surface area contributed by atoms with Gasteiger partial charge in [0.2, 0.25) is 0 Å². The van der Waals surface area contributed by atoms with Crippen molar-refractivity contribution in [1.29, 1.82) is 0 Å². The summed E-state index contributed by atoms with van der Waals surface area (Å²) in [6.45, 7) is 0.238. The van der Waals surface area contributed by atoms with Crippen LogP contribution < -0.4 is 4.74 Å². The van der Waals surface area contributed by atoms with E-state index in [4.69, 9.17) is 27.9 Å². The summed E-state index contributed by atoms with van der Waals surface area (Å²) >= 11 is 15.1. The van der Waals surface area contributed by atoms with Crippen LogP contribution in [-0.2, 0) is 11.9 Å². The number of hydrogen-bond donors (Lipinski definition) is 0. The fourth-order valence-electron chi connectivity index (χ4n) is 1.54. The summed E-state index contributed by atoms with van der Waals surface area (Å²) < 4.78 is 18.8. The Hall–Kier alpha value is -0.770. The van der Waals surface area contributed by atoms with E-state index in [1.54, 1.807) is 12.1 Å². The van der Waals surface area contributed by atoms with Crippen molar-refractivity contribution in [3.63, 3.8) is 0 Å². The number of alkyl halides is 1. The van der Waals surface area contributed by atoms with Gasteiger partial charge in [-0.3, -0.25) is 0 Å². The highest BCUT2D eigenvalue weighted by atomic mass is 79.9. The quantitative estimate of drug-likeness (QED) is 0.642. The predicted molar refractivity (Wildman–Crippen MR) is 79.8 cm³/mol. The van der Waals surface area contributed by atoms with Gasteiger partial charge in [-0.05, 0) is 35.4 Å². The molecule has 0 spiro atoms. The zero-order valence-electron chi connectivity index (χ0n) is 9.80. The molecule has 0 fully saturated rings. The van der Waals surface area contributed by atoms with E-state index in [1.807, 2.05) is 12.1 Å². The van der Waals surface area contributed by atoms with Gasteiger partial charge in [-0.25, -0.2) is 4.39 Å². The topological polar surface area (TPSA) is 9.23 Å². The van der Waals surface area contributed by atoms with Crippen molar-refractivity contribution in [2.45, 2.75) is 11.9 Å². The van der Waals surface area contributed by atoms with E-state index in [2.05, 4.69) is 15.9 Å². The molecule has 0 unspecified atom stereocenters. The van der Waals surface area contributed by atoms with Gasteiger partial charge in [-0.15, -0.1) is 0 Å². The van der Waals surface area contributed by atoms with E-state index in [-0.39, 0.29) is 11.6 Å². The molecule has 0 atom stereocenters. The molecule has 0 aliphatic rings. The van der Waals surface area contributed by atoms with E-state index in [0.29, 0.717) is 16.3 Å². The standard InChI is InChI=1S/C14H10BrCl2FO/c15-7-9-2-4-14(12(17)5-9)19-8-10-1-3-11(16)13(18)6-10/h1-6H,7-8H2. The Labute approximate surface area is 129 Å². The summed E-state index contributed by atoms with van der Waals surface area (Å²) in [5.41, 5.74) is 1.76. The highest BCUT2D eigenvalue weighted by Crippen LogP contribution is 2.27. The van der Waals surface area contributed by atoms with Gasteiger partial charge in [0.15, 0.2) is 0 Å². The highest BCUT2D eigenvalue weighted by Gasteiger charge is 2.05. The van der Waals surface area contributed by atoms with Gasteiger partial charge < -0.3 is 4.74 Å². The van der Waals surface area contributed by atoms with Crippen molar-refractivity contribution in [3.05, 3.63) is 63.4 Å². The summed E-state index contributed by atoms with van der Waals surface area (Å²) in [5.74, 6) is 0.116. The first kappa shape index (κ1) is 14.6. The highest BCUT2D eigenvalue weighted by molar-refractivity contribution is 9.08. The van der Waals surface area contributed by atoms with Crippen molar-refractivity contribution < 1.29 is 9.13 Å². The molecule has 0 bridgehead atoms. The molecular formula is C14H10BrCl2FO. The van der Waals surface area contributed by atoms with Crippen molar-refractivity contribution in [3.8, 4) is 5.75 Å². The van der Waals surface area contributed by atoms with Gasteiger partial charge in [0.1, 0.15) is 18.2 Å². The van der Waals surface area contributed by atoms with Crippen LogP contribution in [0.4, 0.5) is 4.39 Å². The summed E-state index contributed by atoms with van der Waals surface area (Å²) in [5, 5.41) is 1.37. The fourth-order valence-corrected chi connectivity index (χ4v) is 2.26. The van der Waals surface area contributed by atoms with Crippen LogP contribution in [0.2, 0.25) is 10.0 Å². The molecule has 0 aromatic heterocycles. The van der Waals surface area contributed by atoms with Gasteiger partial charge in [0.25, 0.3) is 0 Å². The first-order valence-corrected chi connectivity index (χ1v) is 7.39. The molecule has 100 valence electrons. The molecule has 0 aliphatic heterocycles. The molecule has 2 aromatic carbocycles. The van der Waals surface area contributed by atoms with Gasteiger partial charge in [0.05, 0.1) is 10.0 Å². The molecular weight excluding hydrogens is 354 g/mol. The molecule has 0 radical (unpaired) electrons. The minimum absolute atomic E-state index is 0.100. The van der Waals surface area contributed by atoms with Gasteiger partial charge in [-0.2, -0.15) is 0 Å². The first-order valence-electron chi connectivity index (χ1n) is 5.51. The number of hydrogen-bond acceptors (Lipinski definition) is 1. The predicted octanol–water partition coefficient (Wildman–Crippen LogP) is 5.61. The Balaban J connectivity index is 2.07. The largest absolute Gasteiger partial charge is 0.487 e. The van der Waals surface area contributed by atoms with Gasteiger partial charge >= 0.3 is 0 Å². The lowest BCUT2D eigenvalue weighted by atomic mass is 10.2. The molecule has 0 saturated heterocycles. The zero-order chi connectivity index (χ0) is 13.8. The summed E-state index contributed by atoms with van der Waals surface area (Å²) in [7, 11) is 0. The van der Waals surface area contributed by atoms with Crippen LogP contribution in [0.5, 0.6) is 5.75 Å². The maximum absolute atomic E-state index is 13.3. The van der Waals surface area contributed by atoms with E-state index >= 15 is 0 Å². The minimum atomic E-state index is -0.455. The lowest BCUT2D eigenvalue weighted by Crippen LogP contribution is -1.97. The van der Waals surface area contributed by atoms with Crippen LogP contribution in [0.3, 0.4) is 0 Å². The minimum Gasteiger partial charge on any atom is -0.487 e. The van der Waals surface area contributed by atoms with Gasteiger partial charge in [-0.1, -0.05) is 51.3 Å². The lowest BCUT2D eigenvalue weighted by molar-refractivity contribution is 0.305. The summed E-state index contributed by atoms with van der Waals surface area (Å²) in [4.78, 5) is 0. The van der Waals surface area contributed by atoms with Crippen molar-refractivity contribution in [2.24, 2.45) is 0 Å². The van der Waals surface area contributed by atoms with E-state index in [9.17, 15) is 4.39 Å². The molecule has 2 rings (SSSR count). The monoisotopic (exact) mass is 362 g/mol. The van der Waals surface area contributed by atoms with E-state index in [0.717, 1.165) is 10.9 Å². The Morgan fingerprint density at radius 3 is 2.37 bits per heavy atom. The summed E-state index contributed by atoms with van der Waals surface area (Å²) in [6, 6.07) is 10.1. The molecule has 0 amide bonds. The lowest BCUT2D eigenvalue weighted by Gasteiger charge is -2.09. The molecule has 0 saturated carbocycles. The smallest absolute Gasteiger partial charge is 0.142 e. The van der Waals surface area contributed by atoms with Crippen LogP contribution in [0.1, 0.15) is 11.1 Å². The Bertz CT molecular complexity index is 590. The molecule has 0 heterocycles. The van der Waals surface area contributed by atoms with Crippen LogP contribution in [0.15, 0.2) is 36.4 Å². The second kappa shape index (κ2) is 6.60. The van der Waals surface area contributed by atoms with E-state index < -0.39 is 5.82 Å². The molecule has 5 heteroatoms. The number of benzene rings is 2. The third kappa shape index (κ3) is 3.85. The van der Waals surface area contributed by atoms with Crippen molar-refractivity contribution in [2.75, 3.05) is 0 Å². The SMILES string of the molecule is Fc1cc(COc2ccc(CBr)cc2Cl)ccc1Cl. The maximum Gasteiger partial charge on any atom is 0.142 e. The number of rotatable bonds is 4. The second-order valence-electron chi connectivity index (χ2n) is 3.94. The van der Waals surface area contributed by atoms with Crippen LogP contribution >= 0.6 is 39.1 Å². The molecule has 1 nitrogen and oxygen atoms in total. The summed E-state index contributed by atoms with van der Waals surface area (Å²) in [6.07, 6.45) is 0. The van der Waals surface area contributed by atoms with Crippen molar-refractivity contribution >= 4 is 39.1 Å². The molecule has 0 aliphatic carbocycles. The van der Waals surface area contributed by atoms with E-state index in [1.165, 1.54) is 12.1 Å². The maximum atomic E-state index is 13.3. The van der Waals surface area contributed by atoms with Crippen LogP contribution in [0.25, 0.3) is 0 Å².